The smallest absolute Gasteiger partial charge is 0.261 e. The van der Waals surface area contributed by atoms with E-state index in [-0.39, 0.29) is 11.9 Å². The van der Waals surface area contributed by atoms with Gasteiger partial charge in [-0.15, -0.1) is 21.5 Å². The van der Waals surface area contributed by atoms with Gasteiger partial charge >= 0.3 is 0 Å². The maximum absolute atomic E-state index is 12.4. The minimum absolute atomic E-state index is 0.0327. The van der Waals surface area contributed by atoms with E-state index in [2.05, 4.69) is 20.1 Å². The summed E-state index contributed by atoms with van der Waals surface area (Å²) in [5.41, 5.74) is 1.16. The van der Waals surface area contributed by atoms with Gasteiger partial charge in [-0.25, -0.2) is 0 Å². The number of carbonyl (C=O) groups excluding carboxylic acids is 1. The molecule has 0 bridgehead atoms. The van der Waals surface area contributed by atoms with E-state index in [1.54, 1.807) is 6.33 Å². The molecular weight excluding hydrogens is 296 g/mol. The first kappa shape index (κ1) is 15.2. The highest BCUT2D eigenvalue weighted by molar-refractivity contribution is 7.14. The van der Waals surface area contributed by atoms with Gasteiger partial charge in [0.1, 0.15) is 6.33 Å². The van der Waals surface area contributed by atoms with Gasteiger partial charge in [-0.1, -0.05) is 12.8 Å². The molecule has 0 unspecified atom stereocenters. The van der Waals surface area contributed by atoms with Crippen LogP contribution in [0, 0.1) is 13.8 Å². The van der Waals surface area contributed by atoms with Crippen molar-refractivity contribution in [3.8, 4) is 0 Å². The Labute approximate surface area is 134 Å². The van der Waals surface area contributed by atoms with Crippen molar-refractivity contribution in [1.29, 1.82) is 0 Å². The third-order valence-corrected chi connectivity index (χ3v) is 5.59. The van der Waals surface area contributed by atoms with Crippen LogP contribution in [0.4, 0.5) is 0 Å². The Morgan fingerprint density at radius 3 is 2.77 bits per heavy atom. The lowest BCUT2D eigenvalue weighted by atomic mass is 10.2. The van der Waals surface area contributed by atoms with Crippen molar-refractivity contribution in [2.75, 3.05) is 0 Å². The third kappa shape index (κ3) is 2.92. The summed E-state index contributed by atoms with van der Waals surface area (Å²) in [6.07, 6.45) is 6.67. The molecule has 5 nitrogen and oxygen atoms in total. The van der Waals surface area contributed by atoms with Crippen LogP contribution in [0.15, 0.2) is 12.4 Å². The van der Waals surface area contributed by atoms with E-state index in [4.69, 9.17) is 0 Å². The predicted octanol–water partition coefficient (Wildman–Crippen LogP) is 3.56. The number of aryl methyl sites for hydroxylation is 2. The lowest BCUT2D eigenvalue weighted by Crippen LogP contribution is -2.28. The Bertz CT molecular complexity index is 650. The van der Waals surface area contributed by atoms with Crippen molar-refractivity contribution in [3.63, 3.8) is 0 Å². The summed E-state index contributed by atoms with van der Waals surface area (Å²) in [5.74, 6) is 0.819. The van der Waals surface area contributed by atoms with E-state index in [9.17, 15) is 4.79 Å². The van der Waals surface area contributed by atoms with Crippen LogP contribution in [0.2, 0.25) is 0 Å². The fraction of sp³-hybridized carbons (Fsp3) is 0.562. The Balaban J connectivity index is 1.73. The fourth-order valence-corrected chi connectivity index (χ4v) is 3.98. The largest absolute Gasteiger partial charge is 0.342 e. The SMILES string of the molecule is Cc1cc(C(=O)N[C@H](C)c2nncn2C2CCCC2)sc1C. The van der Waals surface area contributed by atoms with E-state index in [1.165, 1.54) is 41.9 Å². The van der Waals surface area contributed by atoms with E-state index in [0.29, 0.717) is 6.04 Å². The normalized spacial score (nSPS) is 16.9. The zero-order chi connectivity index (χ0) is 15.7. The Hall–Kier alpha value is -1.69. The van der Waals surface area contributed by atoms with Crippen LogP contribution >= 0.6 is 11.3 Å². The molecule has 1 N–H and O–H groups in total. The minimum Gasteiger partial charge on any atom is -0.342 e. The molecule has 0 spiro atoms. The topological polar surface area (TPSA) is 59.8 Å². The summed E-state index contributed by atoms with van der Waals surface area (Å²) in [6, 6.07) is 2.29. The van der Waals surface area contributed by atoms with Crippen molar-refractivity contribution in [2.45, 2.75) is 58.5 Å². The van der Waals surface area contributed by atoms with E-state index in [1.807, 2.05) is 26.8 Å². The first-order chi connectivity index (χ1) is 10.6. The number of thiophene rings is 1. The second kappa shape index (κ2) is 6.20. The lowest BCUT2D eigenvalue weighted by molar-refractivity contribution is 0.0941. The minimum atomic E-state index is -0.140. The number of amides is 1. The zero-order valence-corrected chi connectivity index (χ0v) is 14.1. The fourth-order valence-electron chi connectivity index (χ4n) is 3.04. The van der Waals surface area contributed by atoms with Gasteiger partial charge in [-0.05, 0) is 45.2 Å². The molecule has 118 valence electrons. The van der Waals surface area contributed by atoms with E-state index >= 15 is 0 Å². The van der Waals surface area contributed by atoms with Crippen LogP contribution < -0.4 is 5.32 Å². The van der Waals surface area contributed by atoms with Gasteiger partial charge in [0.2, 0.25) is 0 Å². The molecule has 0 saturated heterocycles. The zero-order valence-electron chi connectivity index (χ0n) is 13.3. The van der Waals surface area contributed by atoms with Gasteiger partial charge in [0.15, 0.2) is 5.82 Å². The number of hydrogen-bond acceptors (Lipinski definition) is 4. The summed E-state index contributed by atoms with van der Waals surface area (Å²) in [4.78, 5) is 14.3. The average molecular weight is 318 g/mol. The highest BCUT2D eigenvalue weighted by atomic mass is 32.1. The second-order valence-electron chi connectivity index (χ2n) is 6.08. The molecule has 2 aromatic rings. The van der Waals surface area contributed by atoms with Gasteiger partial charge in [0.25, 0.3) is 5.91 Å². The van der Waals surface area contributed by atoms with Crippen LogP contribution in [0.1, 0.15) is 70.6 Å². The molecule has 22 heavy (non-hydrogen) atoms. The molecular formula is C16H22N4OS. The lowest BCUT2D eigenvalue weighted by Gasteiger charge is -2.18. The van der Waals surface area contributed by atoms with Crippen LogP contribution in [0.25, 0.3) is 0 Å². The standard InChI is InChI=1S/C16H22N4OS/c1-10-8-14(22-12(10)3)16(21)18-11(2)15-19-17-9-20(15)13-6-4-5-7-13/h8-9,11,13H,4-7H2,1-3H3,(H,18,21)/t11-/m1/s1. The molecule has 2 aromatic heterocycles. The molecule has 0 aliphatic heterocycles. The van der Waals surface area contributed by atoms with Crippen molar-refractivity contribution in [1.82, 2.24) is 20.1 Å². The van der Waals surface area contributed by atoms with Crippen LogP contribution in [0.5, 0.6) is 0 Å². The summed E-state index contributed by atoms with van der Waals surface area (Å²) in [5, 5.41) is 11.3. The van der Waals surface area contributed by atoms with Crippen molar-refractivity contribution >= 4 is 17.2 Å². The van der Waals surface area contributed by atoms with Crippen LogP contribution in [0.3, 0.4) is 0 Å². The molecule has 6 heteroatoms. The van der Waals surface area contributed by atoms with Crippen molar-refractivity contribution in [2.24, 2.45) is 0 Å². The summed E-state index contributed by atoms with van der Waals surface area (Å²) in [7, 11) is 0. The Morgan fingerprint density at radius 1 is 1.41 bits per heavy atom. The third-order valence-electron chi connectivity index (χ3n) is 4.44. The second-order valence-corrected chi connectivity index (χ2v) is 7.34. The van der Waals surface area contributed by atoms with Gasteiger partial charge < -0.3 is 9.88 Å². The van der Waals surface area contributed by atoms with Gasteiger partial charge in [0.05, 0.1) is 10.9 Å². The number of carbonyl (C=O) groups is 1. The van der Waals surface area contributed by atoms with Gasteiger partial charge in [-0.2, -0.15) is 0 Å². The van der Waals surface area contributed by atoms with Gasteiger partial charge in [-0.3, -0.25) is 4.79 Å². The quantitative estimate of drug-likeness (QED) is 0.937. The number of rotatable bonds is 4. The molecule has 3 rings (SSSR count). The number of nitrogens with zero attached hydrogens (tertiary/aromatic N) is 3. The van der Waals surface area contributed by atoms with Crippen molar-refractivity contribution < 1.29 is 4.79 Å². The highest BCUT2D eigenvalue weighted by Gasteiger charge is 2.24. The molecule has 1 aliphatic carbocycles. The molecule has 1 amide bonds. The van der Waals surface area contributed by atoms with Crippen LogP contribution in [-0.2, 0) is 0 Å². The molecule has 1 aliphatic rings. The van der Waals surface area contributed by atoms with Crippen molar-refractivity contribution in [3.05, 3.63) is 33.5 Å². The summed E-state index contributed by atoms with van der Waals surface area (Å²) < 4.78 is 2.14. The molecule has 1 fully saturated rings. The first-order valence-electron chi connectivity index (χ1n) is 7.83. The highest BCUT2D eigenvalue weighted by Crippen LogP contribution is 2.31. The summed E-state index contributed by atoms with van der Waals surface area (Å²) >= 11 is 1.54. The molecule has 1 atom stereocenters. The van der Waals surface area contributed by atoms with E-state index < -0.39 is 0 Å². The summed E-state index contributed by atoms with van der Waals surface area (Å²) in [6.45, 7) is 6.04. The number of nitrogens with one attached hydrogen (secondary N) is 1. The van der Waals surface area contributed by atoms with Crippen LogP contribution in [-0.4, -0.2) is 20.7 Å². The number of hydrogen-bond donors (Lipinski definition) is 1. The monoisotopic (exact) mass is 318 g/mol. The molecule has 2 heterocycles. The maximum Gasteiger partial charge on any atom is 0.261 e. The maximum atomic E-state index is 12.4. The molecule has 0 aromatic carbocycles. The van der Waals surface area contributed by atoms with E-state index in [0.717, 1.165) is 16.3 Å². The predicted molar refractivity (Wildman–Crippen MR) is 87.2 cm³/mol. The van der Waals surface area contributed by atoms with Gasteiger partial charge in [0, 0.05) is 10.9 Å². The number of aromatic nitrogens is 3. The molecule has 1 saturated carbocycles. The Morgan fingerprint density at radius 2 is 2.14 bits per heavy atom. The first-order valence-corrected chi connectivity index (χ1v) is 8.65. The average Bonchev–Trinajstić information content (AvgIpc) is 3.19. The Kier molecular flexibility index (Phi) is 4.29. The molecule has 0 radical (unpaired) electrons.